The summed E-state index contributed by atoms with van der Waals surface area (Å²) in [6, 6.07) is 0.629. The lowest BCUT2D eigenvalue weighted by Crippen LogP contribution is -2.52. The first-order valence-corrected chi connectivity index (χ1v) is 10.1. The topological polar surface area (TPSA) is 76.1 Å². The Morgan fingerprint density at radius 1 is 1.12 bits per heavy atom. The molecule has 0 bridgehead atoms. The zero-order valence-electron chi connectivity index (χ0n) is 15.3. The maximum atomic E-state index is 9.35. The second-order valence-electron chi connectivity index (χ2n) is 7.75. The fourth-order valence-corrected chi connectivity index (χ4v) is 4.81. The van der Waals surface area contributed by atoms with Crippen molar-refractivity contribution in [3.8, 4) is 6.19 Å². The Morgan fingerprint density at radius 2 is 1.92 bits per heavy atom. The number of dihydropyridines is 1. The first-order chi connectivity index (χ1) is 12.9. The van der Waals surface area contributed by atoms with E-state index >= 15 is 0 Å². The number of nitrogens with zero attached hydrogens (tertiary/aromatic N) is 5. The average molecular weight is 352 g/mol. The van der Waals surface area contributed by atoms with E-state index < -0.39 is 0 Å². The number of aliphatic imine (C=N–C) groups is 3. The van der Waals surface area contributed by atoms with Crippen molar-refractivity contribution in [3.05, 3.63) is 12.2 Å². The van der Waals surface area contributed by atoms with Crippen LogP contribution >= 0.6 is 0 Å². The van der Waals surface area contributed by atoms with E-state index in [-0.39, 0.29) is 18.1 Å². The van der Waals surface area contributed by atoms with Gasteiger partial charge in [0.05, 0.1) is 12.0 Å². The molecular weight excluding hydrogens is 324 g/mol. The van der Waals surface area contributed by atoms with Crippen molar-refractivity contribution in [1.29, 1.82) is 5.26 Å². The van der Waals surface area contributed by atoms with Crippen LogP contribution in [-0.4, -0.2) is 47.6 Å². The summed E-state index contributed by atoms with van der Waals surface area (Å²) >= 11 is 0. The Balaban J connectivity index is 1.54. The van der Waals surface area contributed by atoms with Gasteiger partial charge >= 0.3 is 0 Å². The smallest absolute Gasteiger partial charge is 0.207 e. The Bertz CT molecular complexity index is 662. The number of piperidine rings is 1. The van der Waals surface area contributed by atoms with Crippen molar-refractivity contribution in [3.63, 3.8) is 0 Å². The Hall–Kier alpha value is -2.00. The van der Waals surface area contributed by atoms with Crippen LogP contribution in [0.4, 0.5) is 0 Å². The van der Waals surface area contributed by atoms with Crippen LogP contribution in [0.2, 0.25) is 0 Å². The lowest BCUT2D eigenvalue weighted by molar-refractivity contribution is 0.210. The van der Waals surface area contributed by atoms with Gasteiger partial charge in [-0.15, -0.1) is 0 Å². The summed E-state index contributed by atoms with van der Waals surface area (Å²) in [5, 5.41) is 12.9. The maximum Gasteiger partial charge on any atom is 0.207 e. The summed E-state index contributed by atoms with van der Waals surface area (Å²) < 4.78 is 0. The standard InChI is InChI=1S/C20H28N6/c21-14-23-20-16(18-24-17-11-6-12-22-19(17)25-18)10-7-13-26(20)15-8-4-2-1-3-5-9-15/h6,11-12,15-18,24H,1-5,7-10,13H2. The van der Waals surface area contributed by atoms with Gasteiger partial charge in [-0.05, 0) is 31.8 Å². The number of fused-ring (bicyclic) bond motifs is 1. The van der Waals surface area contributed by atoms with Crippen molar-refractivity contribution < 1.29 is 0 Å². The Labute approximate surface area is 155 Å². The molecule has 2 fully saturated rings. The first kappa shape index (κ1) is 17.4. The van der Waals surface area contributed by atoms with Crippen LogP contribution in [0, 0.1) is 17.4 Å². The number of likely N-dealkylation sites (tertiary alicyclic amines) is 1. The quantitative estimate of drug-likeness (QED) is 0.776. The molecule has 0 amide bonds. The van der Waals surface area contributed by atoms with Crippen LogP contribution in [0.5, 0.6) is 0 Å². The average Bonchev–Trinajstić information content (AvgIpc) is 3.06. The Morgan fingerprint density at radius 3 is 2.69 bits per heavy atom. The summed E-state index contributed by atoms with van der Waals surface area (Å²) in [6.07, 6.45) is 19.1. The molecule has 0 aromatic rings. The summed E-state index contributed by atoms with van der Waals surface area (Å²) in [5.41, 5.74) is 0. The highest BCUT2D eigenvalue weighted by atomic mass is 15.3. The lowest BCUT2D eigenvalue weighted by Gasteiger charge is -2.42. The first-order valence-electron chi connectivity index (χ1n) is 10.1. The molecule has 0 aromatic heterocycles. The SMILES string of the molecule is N#CN=C1C(C2N=C3N=CC=CC3N2)CCCN1C1CCCCCCC1. The molecule has 1 aliphatic carbocycles. The molecule has 3 unspecified atom stereocenters. The number of allylic oxidation sites excluding steroid dienone is 1. The molecule has 0 aromatic carbocycles. The van der Waals surface area contributed by atoms with Crippen molar-refractivity contribution in [2.24, 2.45) is 20.9 Å². The minimum Gasteiger partial charge on any atom is -0.356 e. The number of hydrogen-bond acceptors (Lipinski definition) is 5. The molecule has 3 heterocycles. The van der Waals surface area contributed by atoms with Gasteiger partial charge in [0, 0.05) is 18.8 Å². The molecule has 0 radical (unpaired) electrons. The van der Waals surface area contributed by atoms with E-state index in [9.17, 15) is 5.26 Å². The van der Waals surface area contributed by atoms with Gasteiger partial charge in [-0.2, -0.15) is 10.3 Å². The summed E-state index contributed by atoms with van der Waals surface area (Å²) in [7, 11) is 0. The number of amidine groups is 2. The van der Waals surface area contributed by atoms with Gasteiger partial charge in [0.1, 0.15) is 17.8 Å². The molecule has 26 heavy (non-hydrogen) atoms. The molecular formula is C20H28N6. The highest BCUT2D eigenvalue weighted by molar-refractivity contribution is 6.01. The van der Waals surface area contributed by atoms with Gasteiger partial charge in [-0.1, -0.05) is 38.2 Å². The molecule has 3 atom stereocenters. The molecule has 1 N–H and O–H groups in total. The number of hydrogen-bond donors (Lipinski definition) is 1. The fraction of sp³-hybridized carbons (Fsp3) is 0.700. The van der Waals surface area contributed by atoms with E-state index in [1.165, 1.54) is 44.9 Å². The molecule has 0 spiro atoms. The monoisotopic (exact) mass is 352 g/mol. The maximum absolute atomic E-state index is 9.35. The zero-order valence-corrected chi connectivity index (χ0v) is 15.3. The van der Waals surface area contributed by atoms with Crippen LogP contribution in [-0.2, 0) is 0 Å². The molecule has 4 aliphatic rings. The number of nitrogens with one attached hydrogen (secondary N) is 1. The third-order valence-electron chi connectivity index (χ3n) is 6.10. The van der Waals surface area contributed by atoms with Crippen molar-refractivity contribution in [2.45, 2.75) is 76.0 Å². The van der Waals surface area contributed by atoms with Crippen LogP contribution in [0.3, 0.4) is 0 Å². The van der Waals surface area contributed by atoms with Gasteiger partial charge in [-0.25, -0.2) is 9.98 Å². The largest absolute Gasteiger partial charge is 0.356 e. The lowest BCUT2D eigenvalue weighted by atomic mass is 9.89. The Kier molecular flexibility index (Phi) is 5.45. The van der Waals surface area contributed by atoms with Crippen molar-refractivity contribution in [2.75, 3.05) is 6.54 Å². The zero-order chi connectivity index (χ0) is 17.8. The second kappa shape index (κ2) is 8.13. The third kappa shape index (κ3) is 3.59. The fourth-order valence-electron chi connectivity index (χ4n) is 4.81. The predicted molar refractivity (Wildman–Crippen MR) is 104 cm³/mol. The molecule has 6 heteroatoms. The van der Waals surface area contributed by atoms with E-state index in [1.807, 2.05) is 6.08 Å². The summed E-state index contributed by atoms with van der Waals surface area (Å²) in [5.74, 6) is 1.98. The van der Waals surface area contributed by atoms with E-state index in [0.717, 1.165) is 31.1 Å². The van der Waals surface area contributed by atoms with Gasteiger partial charge in [0.25, 0.3) is 0 Å². The second-order valence-corrected chi connectivity index (χ2v) is 7.75. The van der Waals surface area contributed by atoms with E-state index in [4.69, 9.17) is 4.99 Å². The van der Waals surface area contributed by atoms with Crippen molar-refractivity contribution >= 4 is 17.9 Å². The highest BCUT2D eigenvalue weighted by Gasteiger charge is 2.39. The molecule has 3 aliphatic heterocycles. The summed E-state index contributed by atoms with van der Waals surface area (Å²) in [4.78, 5) is 16.0. The van der Waals surface area contributed by atoms with E-state index in [2.05, 4.69) is 32.5 Å². The van der Waals surface area contributed by atoms with Gasteiger partial charge in [0.15, 0.2) is 0 Å². The molecule has 138 valence electrons. The highest BCUT2D eigenvalue weighted by Crippen LogP contribution is 2.31. The van der Waals surface area contributed by atoms with Gasteiger partial charge in [-0.3, -0.25) is 5.32 Å². The van der Waals surface area contributed by atoms with Crippen LogP contribution < -0.4 is 5.32 Å². The van der Waals surface area contributed by atoms with Gasteiger partial charge in [0.2, 0.25) is 6.19 Å². The molecule has 1 saturated carbocycles. The molecule has 4 rings (SSSR count). The minimum atomic E-state index is -0.0293. The van der Waals surface area contributed by atoms with Crippen molar-refractivity contribution in [1.82, 2.24) is 10.2 Å². The number of nitriles is 1. The number of rotatable bonds is 2. The van der Waals surface area contributed by atoms with Crippen LogP contribution in [0.25, 0.3) is 0 Å². The van der Waals surface area contributed by atoms with Crippen LogP contribution in [0.1, 0.15) is 57.8 Å². The molecule has 6 nitrogen and oxygen atoms in total. The summed E-state index contributed by atoms with van der Waals surface area (Å²) in [6.45, 7) is 1.02. The molecule has 1 saturated heterocycles. The van der Waals surface area contributed by atoms with Crippen LogP contribution in [0.15, 0.2) is 27.1 Å². The van der Waals surface area contributed by atoms with E-state index in [1.54, 1.807) is 6.21 Å². The van der Waals surface area contributed by atoms with E-state index in [0.29, 0.717) is 6.04 Å². The predicted octanol–water partition coefficient (Wildman–Crippen LogP) is 3.03. The normalized spacial score (nSPS) is 34.1. The van der Waals surface area contributed by atoms with Gasteiger partial charge < -0.3 is 4.90 Å². The third-order valence-corrected chi connectivity index (χ3v) is 6.10. The minimum absolute atomic E-state index is 0.0293.